The standard InChI is InChI=1S/C17H13ClN2O2/c18-16-6-2-1-5-15(16)17-8-7-14(22-17)11-20-21-12-13-4-3-9-19-10-13/h1-11H,12H2/b20-11+. The van der Waals surface area contributed by atoms with E-state index in [9.17, 15) is 0 Å². The molecule has 0 spiro atoms. The molecule has 0 unspecified atom stereocenters. The van der Waals surface area contributed by atoms with E-state index in [0.29, 0.717) is 23.2 Å². The lowest BCUT2D eigenvalue weighted by atomic mass is 10.2. The van der Waals surface area contributed by atoms with E-state index in [1.54, 1.807) is 12.4 Å². The van der Waals surface area contributed by atoms with Gasteiger partial charge >= 0.3 is 0 Å². The predicted molar refractivity (Wildman–Crippen MR) is 85.8 cm³/mol. The second-order valence-electron chi connectivity index (χ2n) is 4.55. The normalized spacial score (nSPS) is 11.0. The van der Waals surface area contributed by atoms with Gasteiger partial charge in [-0.1, -0.05) is 35.0 Å². The van der Waals surface area contributed by atoms with Crippen molar-refractivity contribution in [3.63, 3.8) is 0 Å². The average Bonchev–Trinajstić information content (AvgIpc) is 3.02. The zero-order chi connectivity index (χ0) is 15.2. The fourth-order valence-corrected chi connectivity index (χ4v) is 2.14. The number of halogens is 1. The van der Waals surface area contributed by atoms with Crippen molar-refractivity contribution in [3.8, 4) is 11.3 Å². The van der Waals surface area contributed by atoms with Gasteiger partial charge in [0.1, 0.15) is 24.3 Å². The van der Waals surface area contributed by atoms with Crippen LogP contribution in [0.25, 0.3) is 11.3 Å². The summed E-state index contributed by atoms with van der Waals surface area (Å²) in [5, 5.41) is 4.53. The Morgan fingerprint density at radius 3 is 2.86 bits per heavy atom. The van der Waals surface area contributed by atoms with Crippen LogP contribution in [0.4, 0.5) is 0 Å². The number of benzene rings is 1. The van der Waals surface area contributed by atoms with Crippen molar-refractivity contribution >= 4 is 17.8 Å². The SMILES string of the molecule is Clc1ccccc1-c1ccc(/C=N/OCc2cccnc2)o1. The maximum Gasteiger partial charge on any atom is 0.149 e. The summed E-state index contributed by atoms with van der Waals surface area (Å²) >= 11 is 6.14. The molecule has 0 fully saturated rings. The van der Waals surface area contributed by atoms with Gasteiger partial charge < -0.3 is 9.25 Å². The highest BCUT2D eigenvalue weighted by atomic mass is 35.5. The van der Waals surface area contributed by atoms with Crippen molar-refractivity contribution in [1.29, 1.82) is 0 Å². The first-order valence-corrected chi connectivity index (χ1v) is 7.10. The zero-order valence-corrected chi connectivity index (χ0v) is 12.4. The van der Waals surface area contributed by atoms with Crippen LogP contribution in [0, 0.1) is 0 Å². The molecule has 0 bridgehead atoms. The second kappa shape index (κ2) is 6.91. The Balaban J connectivity index is 1.62. The minimum absolute atomic E-state index is 0.364. The summed E-state index contributed by atoms with van der Waals surface area (Å²) in [4.78, 5) is 9.21. The number of aromatic nitrogens is 1. The molecule has 0 aliphatic carbocycles. The third-order valence-electron chi connectivity index (χ3n) is 2.97. The number of furan rings is 1. The molecule has 0 saturated heterocycles. The summed E-state index contributed by atoms with van der Waals surface area (Å²) < 4.78 is 5.68. The third-order valence-corrected chi connectivity index (χ3v) is 3.30. The Morgan fingerprint density at radius 1 is 1.14 bits per heavy atom. The van der Waals surface area contributed by atoms with Gasteiger partial charge in [-0.3, -0.25) is 4.98 Å². The molecule has 3 aromatic rings. The molecule has 2 aromatic heterocycles. The summed E-state index contributed by atoms with van der Waals surface area (Å²) in [7, 11) is 0. The second-order valence-corrected chi connectivity index (χ2v) is 4.96. The topological polar surface area (TPSA) is 47.6 Å². The van der Waals surface area contributed by atoms with Gasteiger partial charge in [0.05, 0.1) is 5.02 Å². The minimum Gasteiger partial charge on any atom is -0.455 e. The lowest BCUT2D eigenvalue weighted by molar-refractivity contribution is 0.131. The van der Waals surface area contributed by atoms with Crippen LogP contribution in [-0.4, -0.2) is 11.2 Å². The van der Waals surface area contributed by atoms with E-state index in [1.807, 2.05) is 48.5 Å². The Kier molecular flexibility index (Phi) is 4.51. The summed E-state index contributed by atoms with van der Waals surface area (Å²) in [5.74, 6) is 1.29. The largest absolute Gasteiger partial charge is 0.455 e. The Morgan fingerprint density at radius 2 is 2.05 bits per heavy atom. The van der Waals surface area contributed by atoms with E-state index >= 15 is 0 Å². The summed E-state index contributed by atoms with van der Waals surface area (Å²) in [6, 6.07) is 15.0. The van der Waals surface area contributed by atoms with Crippen LogP contribution < -0.4 is 0 Å². The highest BCUT2D eigenvalue weighted by Gasteiger charge is 2.06. The first-order chi connectivity index (χ1) is 10.8. The predicted octanol–water partition coefficient (Wildman–Crippen LogP) is 4.55. The molecule has 3 rings (SSSR count). The van der Waals surface area contributed by atoms with E-state index < -0.39 is 0 Å². The highest BCUT2D eigenvalue weighted by molar-refractivity contribution is 6.33. The lowest BCUT2D eigenvalue weighted by Gasteiger charge is -1.99. The minimum atomic E-state index is 0.364. The van der Waals surface area contributed by atoms with Crippen molar-refractivity contribution in [3.05, 3.63) is 77.3 Å². The van der Waals surface area contributed by atoms with Crippen LogP contribution in [0.3, 0.4) is 0 Å². The van der Waals surface area contributed by atoms with Crippen molar-refractivity contribution in [1.82, 2.24) is 4.98 Å². The Labute approximate surface area is 133 Å². The van der Waals surface area contributed by atoms with Gasteiger partial charge in [0, 0.05) is 23.5 Å². The molecule has 22 heavy (non-hydrogen) atoms. The number of pyridine rings is 1. The van der Waals surface area contributed by atoms with Crippen molar-refractivity contribution in [2.45, 2.75) is 6.61 Å². The summed E-state index contributed by atoms with van der Waals surface area (Å²) in [6.07, 6.45) is 4.97. The van der Waals surface area contributed by atoms with E-state index in [1.165, 1.54) is 6.21 Å². The molecule has 1 aromatic carbocycles. The van der Waals surface area contributed by atoms with Gasteiger partial charge in [-0.05, 0) is 30.3 Å². The summed E-state index contributed by atoms with van der Waals surface area (Å²) in [5.41, 5.74) is 1.80. The quantitative estimate of drug-likeness (QED) is 0.513. The first-order valence-electron chi connectivity index (χ1n) is 6.72. The van der Waals surface area contributed by atoms with Crippen LogP contribution in [0.1, 0.15) is 11.3 Å². The number of rotatable bonds is 5. The summed E-state index contributed by atoms with van der Waals surface area (Å²) in [6.45, 7) is 0.364. The van der Waals surface area contributed by atoms with Crippen LogP contribution in [0.5, 0.6) is 0 Å². The molecule has 5 heteroatoms. The van der Waals surface area contributed by atoms with Gasteiger partial charge in [0.2, 0.25) is 0 Å². The molecule has 0 saturated carbocycles. The fourth-order valence-electron chi connectivity index (χ4n) is 1.91. The Bertz CT molecular complexity index is 769. The van der Waals surface area contributed by atoms with Crippen molar-refractivity contribution < 1.29 is 9.25 Å². The van der Waals surface area contributed by atoms with Gasteiger partial charge in [0.25, 0.3) is 0 Å². The average molecular weight is 313 g/mol. The first kappa shape index (κ1) is 14.4. The molecule has 110 valence electrons. The maximum atomic E-state index is 6.14. The number of nitrogens with zero attached hydrogens (tertiary/aromatic N) is 2. The molecule has 0 N–H and O–H groups in total. The molecule has 0 atom stereocenters. The monoisotopic (exact) mass is 312 g/mol. The van der Waals surface area contributed by atoms with Gasteiger partial charge in [0.15, 0.2) is 0 Å². The van der Waals surface area contributed by atoms with Crippen LogP contribution in [0.15, 0.2) is 70.5 Å². The van der Waals surface area contributed by atoms with E-state index in [4.69, 9.17) is 20.9 Å². The molecule has 4 nitrogen and oxygen atoms in total. The molecule has 0 radical (unpaired) electrons. The van der Waals surface area contributed by atoms with E-state index in [0.717, 1.165) is 11.1 Å². The van der Waals surface area contributed by atoms with Gasteiger partial charge in [-0.25, -0.2) is 0 Å². The molecule has 0 aliphatic heterocycles. The molecule has 0 amide bonds. The highest BCUT2D eigenvalue weighted by Crippen LogP contribution is 2.28. The fraction of sp³-hybridized carbons (Fsp3) is 0.0588. The third kappa shape index (κ3) is 3.54. The van der Waals surface area contributed by atoms with Crippen LogP contribution in [0.2, 0.25) is 5.02 Å². The van der Waals surface area contributed by atoms with Crippen LogP contribution >= 0.6 is 11.6 Å². The van der Waals surface area contributed by atoms with Gasteiger partial charge in [-0.15, -0.1) is 0 Å². The molecular weight excluding hydrogens is 300 g/mol. The van der Waals surface area contributed by atoms with Crippen LogP contribution in [-0.2, 0) is 11.4 Å². The van der Waals surface area contributed by atoms with Crippen molar-refractivity contribution in [2.24, 2.45) is 5.16 Å². The molecule has 2 heterocycles. The zero-order valence-electron chi connectivity index (χ0n) is 11.6. The number of hydrogen-bond donors (Lipinski definition) is 0. The number of oxime groups is 1. The van der Waals surface area contributed by atoms with E-state index in [2.05, 4.69) is 10.1 Å². The van der Waals surface area contributed by atoms with Crippen molar-refractivity contribution in [2.75, 3.05) is 0 Å². The van der Waals surface area contributed by atoms with E-state index in [-0.39, 0.29) is 0 Å². The molecular formula is C17H13ClN2O2. The maximum absolute atomic E-state index is 6.14. The number of hydrogen-bond acceptors (Lipinski definition) is 4. The van der Waals surface area contributed by atoms with Gasteiger partial charge in [-0.2, -0.15) is 0 Å². The molecule has 0 aliphatic rings. The Hall–Kier alpha value is -2.59. The smallest absolute Gasteiger partial charge is 0.149 e. The lowest BCUT2D eigenvalue weighted by Crippen LogP contribution is -1.88.